The van der Waals surface area contributed by atoms with Crippen molar-refractivity contribution in [2.45, 2.75) is 0 Å². The predicted octanol–water partition coefficient (Wildman–Crippen LogP) is -1.23. The molecule has 5 heteroatoms. The van der Waals surface area contributed by atoms with Crippen LogP contribution in [-0.2, 0) is 0 Å². The van der Waals surface area contributed by atoms with Crippen LogP contribution in [0.15, 0.2) is 3.91 Å². The number of halogens is 1. The van der Waals surface area contributed by atoms with Gasteiger partial charge in [0.25, 0.3) is 0 Å². The number of nitrogens with two attached hydrogens (primary N) is 2. The minimum atomic E-state index is 0. The number of guanidine groups is 1. The van der Waals surface area contributed by atoms with E-state index >= 15 is 0 Å². The molecule has 0 aromatic rings. The van der Waals surface area contributed by atoms with E-state index in [9.17, 15) is 0 Å². The van der Waals surface area contributed by atoms with Crippen LogP contribution in [0.5, 0.6) is 0 Å². The summed E-state index contributed by atoms with van der Waals surface area (Å²) in [7, 11) is 0. The van der Waals surface area contributed by atoms with Crippen LogP contribution in [0.3, 0.4) is 0 Å². The number of rotatable bonds is 0. The molecule has 4 N–H and O–H groups in total. The zero-order valence-corrected chi connectivity index (χ0v) is 5.65. The molecule has 0 aliphatic carbocycles. The first-order valence-corrected chi connectivity index (χ1v) is 1.84. The van der Waals surface area contributed by atoms with Crippen molar-refractivity contribution in [2.75, 3.05) is 0 Å². The molecular formula is CH5AsClN3. The monoisotopic (exact) mass is 169 g/mol. The van der Waals surface area contributed by atoms with Gasteiger partial charge in [-0.05, 0) is 0 Å². The topological polar surface area (TPSA) is 64.4 Å². The number of hydrogen-bond acceptors (Lipinski definition) is 1. The molecule has 0 bridgehead atoms. The number of nitrogens with zero attached hydrogens (tertiary/aromatic N) is 1. The zero-order valence-electron chi connectivity index (χ0n) is 2.96. The molecule has 2 radical (unpaired) electrons. The van der Waals surface area contributed by atoms with Crippen molar-refractivity contribution in [2.24, 2.45) is 15.4 Å². The molecule has 0 atom stereocenters. The third-order valence-electron chi connectivity index (χ3n) is 0.115. The summed E-state index contributed by atoms with van der Waals surface area (Å²) in [6.07, 6.45) is 0. The van der Waals surface area contributed by atoms with Crippen molar-refractivity contribution < 1.29 is 0 Å². The summed E-state index contributed by atoms with van der Waals surface area (Å²) in [6, 6.07) is 0. The Hall–Kier alpha value is 0.118. The molecule has 0 amide bonds. The first-order valence-electron chi connectivity index (χ1n) is 1.00. The van der Waals surface area contributed by atoms with Crippen molar-refractivity contribution in [3.05, 3.63) is 0 Å². The fourth-order valence-electron chi connectivity index (χ4n) is 0. The Morgan fingerprint density at radius 3 is 1.67 bits per heavy atom. The van der Waals surface area contributed by atoms with Gasteiger partial charge in [0, 0.05) is 0 Å². The van der Waals surface area contributed by atoms with Crippen LogP contribution in [0, 0.1) is 0 Å². The van der Waals surface area contributed by atoms with E-state index < -0.39 is 0 Å². The van der Waals surface area contributed by atoms with E-state index in [-0.39, 0.29) is 18.4 Å². The third-order valence-corrected chi connectivity index (χ3v) is 0.600. The van der Waals surface area contributed by atoms with Crippen LogP contribution in [-0.4, -0.2) is 23.0 Å². The first kappa shape index (κ1) is 9.45. The fraction of sp³-hybridized carbons (Fsp3) is 0. The van der Waals surface area contributed by atoms with E-state index in [0.29, 0.717) is 0 Å². The van der Waals surface area contributed by atoms with E-state index in [4.69, 9.17) is 11.5 Å². The second kappa shape index (κ2) is 5.12. The van der Waals surface area contributed by atoms with Crippen LogP contribution in [0.2, 0.25) is 0 Å². The second-order valence-corrected chi connectivity index (χ2v) is 0.944. The maximum absolute atomic E-state index is 4.80. The molecule has 0 rings (SSSR count). The van der Waals surface area contributed by atoms with Crippen molar-refractivity contribution in [3.8, 4) is 0 Å². The van der Waals surface area contributed by atoms with Crippen LogP contribution in [0.4, 0.5) is 0 Å². The van der Waals surface area contributed by atoms with Gasteiger partial charge in [-0.25, -0.2) is 0 Å². The third kappa shape index (κ3) is 8.92. The summed E-state index contributed by atoms with van der Waals surface area (Å²) in [4.78, 5) is 0. The molecule has 0 spiro atoms. The van der Waals surface area contributed by atoms with Crippen LogP contribution in [0.25, 0.3) is 0 Å². The molecule has 0 aromatic heterocycles. The molecule has 0 aliphatic rings. The fourth-order valence-corrected chi connectivity index (χ4v) is 0. The Bertz CT molecular complexity index is 48.8. The van der Waals surface area contributed by atoms with Crippen molar-refractivity contribution >= 4 is 35.4 Å². The summed E-state index contributed by atoms with van der Waals surface area (Å²) >= 11 is 1.91. The average molecular weight is 169 g/mol. The van der Waals surface area contributed by atoms with Crippen LogP contribution < -0.4 is 11.5 Å². The van der Waals surface area contributed by atoms with Gasteiger partial charge in [0.15, 0.2) is 0 Å². The first-order chi connectivity index (χ1) is 2.27. The van der Waals surface area contributed by atoms with Gasteiger partial charge in [-0.2, -0.15) is 0 Å². The molecule has 0 saturated heterocycles. The molecule has 0 saturated carbocycles. The van der Waals surface area contributed by atoms with Gasteiger partial charge in [-0.1, -0.05) is 0 Å². The molecule has 0 unspecified atom stereocenters. The summed E-state index contributed by atoms with van der Waals surface area (Å²) in [6.45, 7) is 0. The van der Waals surface area contributed by atoms with Gasteiger partial charge >= 0.3 is 38.4 Å². The van der Waals surface area contributed by atoms with E-state index in [1.54, 1.807) is 0 Å². The van der Waals surface area contributed by atoms with Gasteiger partial charge in [0.1, 0.15) is 0 Å². The minimum absolute atomic E-state index is 0. The zero-order chi connectivity index (χ0) is 4.28. The van der Waals surface area contributed by atoms with Gasteiger partial charge < -0.3 is 0 Å². The predicted molar refractivity (Wildman–Crippen MR) is 28.8 cm³/mol. The van der Waals surface area contributed by atoms with Crippen molar-refractivity contribution in [1.29, 1.82) is 0 Å². The van der Waals surface area contributed by atoms with Gasteiger partial charge in [-0.15, -0.1) is 12.4 Å². The molecule has 0 aliphatic heterocycles. The van der Waals surface area contributed by atoms with Gasteiger partial charge in [0.05, 0.1) is 0 Å². The Kier molecular flexibility index (Phi) is 8.06. The van der Waals surface area contributed by atoms with Crippen molar-refractivity contribution in [3.63, 3.8) is 0 Å². The maximum atomic E-state index is 4.80. The number of hydrogen-bond donors (Lipinski definition) is 2. The van der Waals surface area contributed by atoms with Crippen molar-refractivity contribution in [1.82, 2.24) is 0 Å². The molecule has 0 heterocycles. The quantitative estimate of drug-likeness (QED) is 0.271. The molecule has 0 fully saturated rings. The Morgan fingerprint density at radius 2 is 1.67 bits per heavy atom. The molecule has 6 heavy (non-hydrogen) atoms. The SMILES string of the molecule is Cl.NC(N)=N[As]. The van der Waals surface area contributed by atoms with E-state index in [1.165, 1.54) is 0 Å². The van der Waals surface area contributed by atoms with E-state index in [1.807, 2.05) is 17.1 Å². The Balaban J connectivity index is 0. The van der Waals surface area contributed by atoms with Gasteiger partial charge in [0.2, 0.25) is 0 Å². The summed E-state index contributed by atoms with van der Waals surface area (Å²) in [5.74, 6) is 0.102. The summed E-state index contributed by atoms with van der Waals surface area (Å²) in [5.41, 5.74) is 9.61. The van der Waals surface area contributed by atoms with E-state index in [0.717, 1.165) is 0 Å². The summed E-state index contributed by atoms with van der Waals surface area (Å²) < 4.78 is 3.30. The normalized spacial score (nSPS) is 5.50. The van der Waals surface area contributed by atoms with Gasteiger partial charge in [-0.3, -0.25) is 0 Å². The Labute approximate surface area is 51.3 Å². The molecule has 3 nitrogen and oxygen atoms in total. The molecular weight excluding hydrogens is 164 g/mol. The summed E-state index contributed by atoms with van der Waals surface area (Å²) in [5, 5.41) is 0. The molecule has 36 valence electrons. The van der Waals surface area contributed by atoms with Crippen LogP contribution in [0.1, 0.15) is 0 Å². The standard InChI is InChI=1S/CH4AsN3.ClH/c2-5-1(3)4;/h(H4,3,4,5);1H. The Morgan fingerprint density at radius 1 is 1.50 bits per heavy atom. The second-order valence-electron chi connectivity index (χ2n) is 0.525. The molecule has 0 aromatic carbocycles. The van der Waals surface area contributed by atoms with E-state index in [2.05, 4.69) is 3.91 Å². The average Bonchev–Trinajstić information content (AvgIpc) is 1.38. The van der Waals surface area contributed by atoms with Crippen LogP contribution >= 0.6 is 12.4 Å².